The minimum absolute atomic E-state index is 0.206. The maximum Gasteiger partial charge on any atom is 0.306 e. The molecule has 13 heavy (non-hydrogen) atoms. The van der Waals surface area contributed by atoms with Gasteiger partial charge in [-0.05, 0) is 11.8 Å². The van der Waals surface area contributed by atoms with Crippen molar-refractivity contribution in [2.75, 3.05) is 31.6 Å². The van der Waals surface area contributed by atoms with Gasteiger partial charge < -0.3 is 5.73 Å². The molecule has 0 aromatic carbocycles. The fraction of sp³-hybridized carbons (Fsp3) is 0.714. The predicted octanol–water partition coefficient (Wildman–Crippen LogP) is -0.0522. The lowest BCUT2D eigenvalue weighted by atomic mass is 10.6. The first-order valence-corrected chi connectivity index (χ1v) is 6.10. The van der Waals surface area contributed by atoms with Gasteiger partial charge in [0.1, 0.15) is 0 Å². The third kappa shape index (κ3) is 3.48. The Morgan fingerprint density at radius 2 is 2.62 bits per heavy atom. The van der Waals surface area contributed by atoms with Gasteiger partial charge in [-0.25, -0.2) is 0 Å². The van der Waals surface area contributed by atoms with E-state index in [2.05, 4.69) is 9.89 Å². The molecule has 1 heterocycles. The van der Waals surface area contributed by atoms with E-state index in [9.17, 15) is 0 Å². The van der Waals surface area contributed by atoms with E-state index in [1.807, 2.05) is 18.8 Å². The minimum Gasteiger partial charge on any atom is -0.379 e. The summed E-state index contributed by atoms with van der Waals surface area (Å²) in [4.78, 5) is 0. The molecule has 6 heteroatoms. The monoisotopic (exact) mass is 219 g/mol. The second-order valence-electron chi connectivity index (χ2n) is 2.60. The molecule has 0 amide bonds. The summed E-state index contributed by atoms with van der Waals surface area (Å²) in [5, 5.41) is 11.7. The van der Waals surface area contributed by atoms with Crippen LogP contribution in [0.15, 0.2) is 0 Å². The topological polar surface area (TPSA) is 64.9 Å². The van der Waals surface area contributed by atoms with Gasteiger partial charge >= 0.3 is 5.17 Å². The number of nitrogens with two attached hydrogens (primary N) is 1. The third-order valence-corrected chi connectivity index (χ3v) is 3.54. The van der Waals surface area contributed by atoms with Gasteiger partial charge in [0.2, 0.25) is 0 Å². The Morgan fingerprint density at radius 1 is 1.85 bits per heavy atom. The number of hydrogen-bond acceptors (Lipinski definition) is 4. The molecule has 0 unspecified atom stereocenters. The van der Waals surface area contributed by atoms with E-state index < -0.39 is 0 Å². The first kappa shape index (κ1) is 10.7. The van der Waals surface area contributed by atoms with Crippen molar-refractivity contribution < 1.29 is 4.58 Å². The molecule has 1 rings (SSSR count). The molecule has 0 fully saturated rings. The standard InChI is InChI=1S/C7H14N4S2/c1-10-7-11(3-5-13-7)2-4-12-6(8)9/h2-5H2,1H3,(H3,8,9)/p+1. The summed E-state index contributed by atoms with van der Waals surface area (Å²) in [5.41, 5.74) is 5.24. The molecule has 74 valence electrons. The van der Waals surface area contributed by atoms with E-state index in [-0.39, 0.29) is 5.17 Å². The Bertz CT molecular complexity index is 227. The Labute approximate surface area is 86.8 Å². The summed E-state index contributed by atoms with van der Waals surface area (Å²) in [7, 11) is 1.94. The van der Waals surface area contributed by atoms with E-state index in [4.69, 9.17) is 11.1 Å². The Kier molecular flexibility index (Phi) is 4.44. The van der Waals surface area contributed by atoms with Crippen molar-refractivity contribution >= 4 is 33.9 Å². The lowest BCUT2D eigenvalue weighted by Crippen LogP contribution is -2.26. The summed E-state index contributed by atoms with van der Waals surface area (Å²) in [6, 6.07) is 0. The van der Waals surface area contributed by atoms with Gasteiger partial charge in [0.05, 0.1) is 20.1 Å². The van der Waals surface area contributed by atoms with Gasteiger partial charge in [-0.3, -0.25) is 15.3 Å². The van der Waals surface area contributed by atoms with E-state index in [1.54, 1.807) is 0 Å². The zero-order chi connectivity index (χ0) is 9.68. The Balaban J connectivity index is 2.31. The van der Waals surface area contributed by atoms with Gasteiger partial charge in [-0.2, -0.15) is 0 Å². The van der Waals surface area contributed by atoms with Crippen molar-refractivity contribution in [1.29, 1.82) is 5.41 Å². The molecular formula is C7H15N4S2+. The average molecular weight is 219 g/mol. The van der Waals surface area contributed by atoms with Crippen LogP contribution in [0.3, 0.4) is 0 Å². The van der Waals surface area contributed by atoms with Crippen LogP contribution in [0.4, 0.5) is 0 Å². The predicted molar refractivity (Wildman–Crippen MR) is 60.9 cm³/mol. The number of thioether (sulfide) groups is 2. The highest BCUT2D eigenvalue weighted by molar-refractivity contribution is 8.14. The van der Waals surface area contributed by atoms with Crippen LogP contribution in [0.5, 0.6) is 0 Å². The zero-order valence-corrected chi connectivity index (χ0v) is 9.30. The van der Waals surface area contributed by atoms with Gasteiger partial charge in [-0.15, -0.1) is 0 Å². The Hall–Kier alpha value is -0.360. The van der Waals surface area contributed by atoms with Crippen LogP contribution in [0.25, 0.3) is 0 Å². The van der Waals surface area contributed by atoms with Gasteiger partial charge in [0.25, 0.3) is 0 Å². The van der Waals surface area contributed by atoms with Crippen LogP contribution < -0.4 is 11.1 Å². The molecule has 0 atom stereocenters. The summed E-state index contributed by atoms with van der Waals surface area (Å²) in [6.07, 6.45) is 0. The van der Waals surface area contributed by atoms with Crippen LogP contribution in [0.1, 0.15) is 0 Å². The maximum absolute atomic E-state index is 7.06. The normalized spacial score (nSPS) is 16.4. The lowest BCUT2D eigenvalue weighted by molar-refractivity contribution is -0.514. The molecule has 0 spiro atoms. The second kappa shape index (κ2) is 5.39. The van der Waals surface area contributed by atoms with Crippen LogP contribution in [-0.4, -0.2) is 46.6 Å². The summed E-state index contributed by atoms with van der Waals surface area (Å²) >= 11 is 3.25. The number of hydrogen-bond donors (Lipinski definition) is 3. The fourth-order valence-electron chi connectivity index (χ4n) is 1.15. The van der Waals surface area contributed by atoms with Crippen molar-refractivity contribution in [3.63, 3.8) is 0 Å². The van der Waals surface area contributed by atoms with Crippen LogP contribution in [0, 0.1) is 5.41 Å². The highest BCUT2D eigenvalue weighted by Gasteiger charge is 2.18. The first-order chi connectivity index (χ1) is 6.24. The molecule has 0 radical (unpaired) electrons. The molecule has 0 saturated heterocycles. The number of nitrogens with zero attached hydrogens (tertiary/aromatic N) is 1. The number of nitrogens with one attached hydrogen (secondary N) is 2. The largest absolute Gasteiger partial charge is 0.379 e. The van der Waals surface area contributed by atoms with Crippen molar-refractivity contribution in [2.45, 2.75) is 0 Å². The zero-order valence-electron chi connectivity index (χ0n) is 7.67. The van der Waals surface area contributed by atoms with Crippen molar-refractivity contribution in [3.05, 3.63) is 0 Å². The van der Waals surface area contributed by atoms with Crippen LogP contribution in [0.2, 0.25) is 0 Å². The molecule has 0 aromatic heterocycles. The maximum atomic E-state index is 7.06. The summed E-state index contributed by atoms with van der Waals surface area (Å²) < 4.78 is 2.29. The molecule has 1 aliphatic heterocycles. The molecule has 0 bridgehead atoms. The first-order valence-electron chi connectivity index (χ1n) is 4.13. The molecule has 4 N–H and O–H groups in total. The highest BCUT2D eigenvalue weighted by Crippen LogP contribution is 2.09. The molecule has 0 saturated carbocycles. The van der Waals surface area contributed by atoms with Gasteiger partial charge in [-0.1, -0.05) is 11.8 Å². The molecule has 4 nitrogen and oxygen atoms in total. The minimum atomic E-state index is 0.206. The molecular weight excluding hydrogens is 204 g/mol. The van der Waals surface area contributed by atoms with Crippen molar-refractivity contribution in [3.8, 4) is 0 Å². The van der Waals surface area contributed by atoms with Crippen LogP contribution in [-0.2, 0) is 0 Å². The smallest absolute Gasteiger partial charge is 0.306 e. The average Bonchev–Trinajstić information content (AvgIpc) is 2.51. The molecule has 0 aromatic rings. The van der Waals surface area contributed by atoms with Crippen molar-refractivity contribution in [1.82, 2.24) is 5.32 Å². The van der Waals surface area contributed by atoms with Crippen LogP contribution >= 0.6 is 23.5 Å². The van der Waals surface area contributed by atoms with Gasteiger partial charge in [0.15, 0.2) is 5.17 Å². The molecule has 1 aliphatic rings. The van der Waals surface area contributed by atoms with E-state index in [0.717, 1.165) is 24.6 Å². The SMILES string of the molecule is CNC1=[N+](CCSC(=N)N)CCS1. The third-order valence-electron chi connectivity index (χ3n) is 1.72. The van der Waals surface area contributed by atoms with E-state index in [1.165, 1.54) is 16.9 Å². The van der Waals surface area contributed by atoms with Gasteiger partial charge in [0, 0.05) is 11.5 Å². The van der Waals surface area contributed by atoms with E-state index in [0.29, 0.717) is 0 Å². The number of rotatable bonds is 3. The number of amidine groups is 2. The molecule has 0 aliphatic carbocycles. The Morgan fingerprint density at radius 3 is 3.23 bits per heavy atom. The quantitative estimate of drug-likeness (QED) is 0.354. The van der Waals surface area contributed by atoms with E-state index >= 15 is 0 Å². The summed E-state index contributed by atoms with van der Waals surface area (Å²) in [5.74, 6) is 2.04. The lowest BCUT2D eigenvalue weighted by Gasteiger charge is -2.02. The van der Waals surface area contributed by atoms with Crippen molar-refractivity contribution in [2.24, 2.45) is 5.73 Å². The fourth-order valence-corrected chi connectivity index (χ4v) is 2.70. The summed E-state index contributed by atoms with van der Waals surface area (Å²) in [6.45, 7) is 2.06. The highest BCUT2D eigenvalue weighted by atomic mass is 32.2. The second-order valence-corrected chi connectivity index (χ2v) is 4.82.